The van der Waals surface area contributed by atoms with E-state index in [-0.39, 0.29) is 11.6 Å². The molecule has 2 heteroatoms. The molecule has 1 fully saturated rings. The van der Waals surface area contributed by atoms with Crippen LogP contribution in [0, 0.1) is 20.8 Å². The normalized spacial score (nSPS) is 30.1. The smallest absolute Gasteiger partial charge is 0.0582 e. The molecule has 0 aromatic heterocycles. The molecule has 0 heterocycles. The van der Waals surface area contributed by atoms with Crippen molar-refractivity contribution in [2.75, 3.05) is 0 Å². The van der Waals surface area contributed by atoms with Crippen molar-refractivity contribution in [2.45, 2.75) is 45.3 Å². The van der Waals surface area contributed by atoms with E-state index in [2.05, 4.69) is 32.9 Å². The maximum Gasteiger partial charge on any atom is 0.0582 e. The largest absolute Gasteiger partial charge is 0.393 e. The Morgan fingerprint density at radius 2 is 1.67 bits per heavy atom. The Balaban J connectivity index is 2.45. The monoisotopic (exact) mass is 205 g/mol. The van der Waals surface area contributed by atoms with Crippen molar-refractivity contribution in [2.24, 2.45) is 5.73 Å². The molecule has 0 saturated heterocycles. The molecule has 0 amide bonds. The number of benzene rings is 1. The van der Waals surface area contributed by atoms with Crippen LogP contribution in [-0.2, 0) is 5.54 Å². The average Bonchev–Trinajstić information content (AvgIpc) is 1.98. The summed E-state index contributed by atoms with van der Waals surface area (Å²) >= 11 is 0. The number of aryl methyl sites for hydroxylation is 3. The van der Waals surface area contributed by atoms with Gasteiger partial charge in [-0.1, -0.05) is 17.7 Å². The third-order valence-electron chi connectivity index (χ3n) is 3.37. The Bertz CT molecular complexity index is 369. The lowest BCUT2D eigenvalue weighted by atomic mass is 9.68. The van der Waals surface area contributed by atoms with Crippen LogP contribution in [0.2, 0.25) is 0 Å². The van der Waals surface area contributed by atoms with Gasteiger partial charge in [-0.05, 0) is 50.3 Å². The minimum absolute atomic E-state index is 0.213. The van der Waals surface area contributed by atoms with E-state index in [1.807, 2.05) is 0 Å². The summed E-state index contributed by atoms with van der Waals surface area (Å²) < 4.78 is 0. The maximum atomic E-state index is 9.40. The Morgan fingerprint density at radius 3 is 2.07 bits per heavy atom. The first-order valence-corrected chi connectivity index (χ1v) is 5.48. The summed E-state index contributed by atoms with van der Waals surface area (Å²) in [4.78, 5) is 0. The van der Waals surface area contributed by atoms with Gasteiger partial charge in [0.1, 0.15) is 0 Å². The molecule has 0 unspecified atom stereocenters. The fourth-order valence-electron chi connectivity index (χ4n) is 2.95. The van der Waals surface area contributed by atoms with Crippen molar-refractivity contribution in [3.63, 3.8) is 0 Å². The van der Waals surface area contributed by atoms with Crippen LogP contribution in [0.3, 0.4) is 0 Å². The lowest BCUT2D eigenvalue weighted by molar-refractivity contribution is 0.0204. The van der Waals surface area contributed by atoms with Gasteiger partial charge in [-0.2, -0.15) is 0 Å². The molecule has 1 saturated carbocycles. The van der Waals surface area contributed by atoms with Gasteiger partial charge in [-0.15, -0.1) is 0 Å². The second kappa shape index (κ2) is 3.32. The predicted octanol–water partition coefficient (Wildman–Crippen LogP) is 1.92. The highest BCUT2D eigenvalue weighted by molar-refractivity contribution is 5.43. The van der Waals surface area contributed by atoms with Crippen LogP contribution in [0.1, 0.15) is 35.1 Å². The summed E-state index contributed by atoms with van der Waals surface area (Å²) in [5, 5.41) is 9.40. The Kier molecular flexibility index (Phi) is 2.36. The standard InChI is InChI=1S/C13H19NO/c1-8-4-9(2)12(10(3)5-8)13(14)6-11(15)7-13/h4-5,11,15H,6-7,14H2,1-3H3. The van der Waals surface area contributed by atoms with E-state index < -0.39 is 0 Å². The van der Waals surface area contributed by atoms with Crippen LogP contribution >= 0.6 is 0 Å². The molecule has 0 spiro atoms. The second-order valence-corrected chi connectivity index (χ2v) is 4.99. The molecule has 1 aromatic rings. The molecular weight excluding hydrogens is 186 g/mol. The predicted molar refractivity (Wildman–Crippen MR) is 61.8 cm³/mol. The van der Waals surface area contributed by atoms with Crippen LogP contribution in [0.4, 0.5) is 0 Å². The first-order chi connectivity index (χ1) is 6.92. The van der Waals surface area contributed by atoms with Gasteiger partial charge in [0.2, 0.25) is 0 Å². The number of rotatable bonds is 1. The number of hydrogen-bond acceptors (Lipinski definition) is 2. The summed E-state index contributed by atoms with van der Waals surface area (Å²) in [7, 11) is 0. The van der Waals surface area contributed by atoms with Crippen LogP contribution < -0.4 is 5.73 Å². The first kappa shape index (κ1) is 10.7. The number of nitrogens with two attached hydrogens (primary N) is 1. The highest BCUT2D eigenvalue weighted by Crippen LogP contribution is 2.42. The van der Waals surface area contributed by atoms with Crippen LogP contribution in [0.15, 0.2) is 12.1 Å². The summed E-state index contributed by atoms with van der Waals surface area (Å²) in [6, 6.07) is 4.34. The molecule has 0 atom stereocenters. The average molecular weight is 205 g/mol. The number of aliphatic hydroxyl groups is 1. The zero-order valence-corrected chi connectivity index (χ0v) is 9.67. The van der Waals surface area contributed by atoms with E-state index in [1.165, 1.54) is 22.3 Å². The molecule has 1 aliphatic carbocycles. The first-order valence-electron chi connectivity index (χ1n) is 5.48. The molecule has 1 aromatic carbocycles. The van der Waals surface area contributed by atoms with Crippen molar-refractivity contribution in [3.05, 3.63) is 34.4 Å². The zero-order valence-electron chi connectivity index (χ0n) is 9.67. The van der Waals surface area contributed by atoms with E-state index in [0.717, 1.165) is 0 Å². The summed E-state index contributed by atoms with van der Waals surface area (Å²) in [5.74, 6) is 0. The fourth-order valence-corrected chi connectivity index (χ4v) is 2.95. The number of aliphatic hydroxyl groups excluding tert-OH is 1. The van der Waals surface area contributed by atoms with Gasteiger partial charge in [0.15, 0.2) is 0 Å². The second-order valence-electron chi connectivity index (χ2n) is 4.99. The van der Waals surface area contributed by atoms with Crippen molar-refractivity contribution in [3.8, 4) is 0 Å². The highest BCUT2D eigenvalue weighted by atomic mass is 16.3. The molecule has 0 aliphatic heterocycles. The lowest BCUT2D eigenvalue weighted by Crippen LogP contribution is -2.52. The van der Waals surface area contributed by atoms with Crippen LogP contribution in [-0.4, -0.2) is 11.2 Å². The van der Waals surface area contributed by atoms with Crippen LogP contribution in [0.25, 0.3) is 0 Å². The summed E-state index contributed by atoms with van der Waals surface area (Å²) in [6.45, 7) is 6.31. The topological polar surface area (TPSA) is 46.2 Å². The third kappa shape index (κ3) is 1.68. The van der Waals surface area contributed by atoms with E-state index in [4.69, 9.17) is 5.73 Å². The van der Waals surface area contributed by atoms with Crippen LogP contribution in [0.5, 0.6) is 0 Å². The van der Waals surface area contributed by atoms with E-state index in [9.17, 15) is 5.11 Å². The molecule has 1 aliphatic rings. The fraction of sp³-hybridized carbons (Fsp3) is 0.538. The summed E-state index contributed by atoms with van der Waals surface area (Å²) in [6.07, 6.45) is 1.17. The van der Waals surface area contributed by atoms with E-state index >= 15 is 0 Å². The van der Waals surface area contributed by atoms with Gasteiger partial charge in [-0.25, -0.2) is 0 Å². The Labute approximate surface area is 91.1 Å². The third-order valence-corrected chi connectivity index (χ3v) is 3.37. The molecule has 15 heavy (non-hydrogen) atoms. The Morgan fingerprint density at radius 1 is 1.20 bits per heavy atom. The molecule has 2 nitrogen and oxygen atoms in total. The van der Waals surface area contributed by atoms with Gasteiger partial charge < -0.3 is 10.8 Å². The minimum Gasteiger partial charge on any atom is -0.393 e. The van der Waals surface area contributed by atoms with Gasteiger partial charge in [0, 0.05) is 5.54 Å². The molecule has 3 N–H and O–H groups in total. The van der Waals surface area contributed by atoms with Crippen molar-refractivity contribution in [1.29, 1.82) is 0 Å². The molecule has 82 valence electrons. The van der Waals surface area contributed by atoms with Gasteiger partial charge in [0.25, 0.3) is 0 Å². The number of hydrogen-bond donors (Lipinski definition) is 2. The molecular formula is C13H19NO. The Hall–Kier alpha value is -0.860. The quantitative estimate of drug-likeness (QED) is 0.735. The van der Waals surface area contributed by atoms with E-state index in [0.29, 0.717) is 12.8 Å². The highest BCUT2D eigenvalue weighted by Gasteiger charge is 2.42. The van der Waals surface area contributed by atoms with Crippen molar-refractivity contribution < 1.29 is 5.11 Å². The minimum atomic E-state index is -0.290. The SMILES string of the molecule is Cc1cc(C)c(C2(N)CC(O)C2)c(C)c1. The lowest BCUT2D eigenvalue weighted by Gasteiger charge is -2.44. The summed E-state index contributed by atoms with van der Waals surface area (Å²) in [5.41, 5.74) is 11.0. The van der Waals surface area contributed by atoms with E-state index in [1.54, 1.807) is 0 Å². The van der Waals surface area contributed by atoms with Gasteiger partial charge in [-0.3, -0.25) is 0 Å². The maximum absolute atomic E-state index is 9.40. The van der Waals surface area contributed by atoms with Gasteiger partial charge >= 0.3 is 0 Å². The molecule has 0 radical (unpaired) electrons. The zero-order chi connectivity index (χ0) is 11.2. The molecule has 0 bridgehead atoms. The van der Waals surface area contributed by atoms with Gasteiger partial charge in [0.05, 0.1) is 6.10 Å². The molecule has 2 rings (SSSR count). The van der Waals surface area contributed by atoms with Crippen molar-refractivity contribution in [1.82, 2.24) is 0 Å². The van der Waals surface area contributed by atoms with Crippen molar-refractivity contribution >= 4 is 0 Å².